The third-order valence-electron chi connectivity index (χ3n) is 3.52. The molecule has 4 nitrogen and oxygen atoms in total. The SMILES string of the molecule is CC(C)(C)OC(=O)NC(Cc1ccccc1)C(O)c1ccccc1. The van der Waals surface area contributed by atoms with Crippen LogP contribution in [0, 0.1) is 0 Å². The van der Waals surface area contributed by atoms with Crippen molar-refractivity contribution in [1.82, 2.24) is 5.32 Å². The van der Waals surface area contributed by atoms with Crippen LogP contribution >= 0.6 is 0 Å². The van der Waals surface area contributed by atoms with Crippen LogP contribution in [0.5, 0.6) is 0 Å². The molecule has 24 heavy (non-hydrogen) atoms. The average Bonchev–Trinajstić information content (AvgIpc) is 2.53. The Morgan fingerprint density at radius 3 is 2.12 bits per heavy atom. The molecule has 0 saturated carbocycles. The molecule has 0 aliphatic carbocycles. The largest absolute Gasteiger partial charge is 0.444 e. The van der Waals surface area contributed by atoms with E-state index in [2.05, 4.69) is 5.32 Å². The molecule has 0 spiro atoms. The van der Waals surface area contributed by atoms with E-state index in [4.69, 9.17) is 4.74 Å². The number of carbonyl (C=O) groups is 1. The maximum absolute atomic E-state index is 12.2. The Balaban J connectivity index is 2.16. The second kappa shape index (κ2) is 7.97. The summed E-state index contributed by atoms with van der Waals surface area (Å²) in [6, 6.07) is 18.6. The highest BCUT2D eigenvalue weighted by atomic mass is 16.6. The molecular formula is C20H25NO3. The van der Waals surface area contributed by atoms with Crippen LogP contribution in [0.2, 0.25) is 0 Å². The van der Waals surface area contributed by atoms with Crippen molar-refractivity contribution in [3.8, 4) is 0 Å². The van der Waals surface area contributed by atoms with Crippen LogP contribution in [0.25, 0.3) is 0 Å². The molecule has 2 aromatic rings. The van der Waals surface area contributed by atoms with Crippen molar-refractivity contribution < 1.29 is 14.6 Å². The highest BCUT2D eigenvalue weighted by molar-refractivity contribution is 5.68. The van der Waals surface area contributed by atoms with Gasteiger partial charge in [0.15, 0.2) is 0 Å². The summed E-state index contributed by atoms with van der Waals surface area (Å²) in [4.78, 5) is 12.2. The second-order valence-corrected chi connectivity index (χ2v) is 6.80. The predicted octanol–water partition coefficient (Wildman–Crippen LogP) is 3.86. The zero-order valence-corrected chi connectivity index (χ0v) is 14.4. The zero-order chi connectivity index (χ0) is 17.6. The van der Waals surface area contributed by atoms with Gasteiger partial charge in [0.1, 0.15) is 5.60 Å². The van der Waals surface area contributed by atoms with Gasteiger partial charge in [-0.3, -0.25) is 0 Å². The summed E-state index contributed by atoms with van der Waals surface area (Å²) in [7, 11) is 0. The van der Waals surface area contributed by atoms with Crippen LogP contribution in [0.3, 0.4) is 0 Å². The third kappa shape index (κ3) is 5.70. The minimum atomic E-state index is -0.820. The van der Waals surface area contributed by atoms with Crippen molar-refractivity contribution in [1.29, 1.82) is 0 Å². The predicted molar refractivity (Wildman–Crippen MR) is 94.7 cm³/mol. The van der Waals surface area contributed by atoms with Crippen LogP contribution in [0.4, 0.5) is 4.79 Å². The molecule has 1 amide bonds. The Morgan fingerprint density at radius 2 is 1.58 bits per heavy atom. The van der Waals surface area contributed by atoms with Gasteiger partial charge in [0.25, 0.3) is 0 Å². The minimum absolute atomic E-state index is 0.482. The Kier molecular flexibility index (Phi) is 5.99. The molecule has 2 atom stereocenters. The molecule has 0 aromatic heterocycles. The van der Waals surface area contributed by atoms with Crippen LogP contribution < -0.4 is 5.32 Å². The quantitative estimate of drug-likeness (QED) is 0.877. The van der Waals surface area contributed by atoms with Crippen LogP contribution in [-0.2, 0) is 11.2 Å². The number of aliphatic hydroxyl groups is 1. The van der Waals surface area contributed by atoms with Gasteiger partial charge >= 0.3 is 6.09 Å². The van der Waals surface area contributed by atoms with Gasteiger partial charge in [-0.15, -0.1) is 0 Å². The lowest BCUT2D eigenvalue weighted by Crippen LogP contribution is -2.43. The van der Waals surface area contributed by atoms with E-state index in [0.717, 1.165) is 11.1 Å². The van der Waals surface area contributed by atoms with Gasteiger partial charge in [-0.25, -0.2) is 4.79 Å². The first-order valence-corrected chi connectivity index (χ1v) is 8.11. The molecule has 4 heteroatoms. The molecule has 0 fully saturated rings. The monoisotopic (exact) mass is 327 g/mol. The Hall–Kier alpha value is -2.33. The van der Waals surface area contributed by atoms with Crippen molar-refractivity contribution in [2.75, 3.05) is 0 Å². The Bertz CT molecular complexity index is 635. The van der Waals surface area contributed by atoms with E-state index in [0.29, 0.717) is 6.42 Å². The number of hydrogen-bond donors (Lipinski definition) is 2. The summed E-state index contributed by atoms with van der Waals surface area (Å²) in [5.74, 6) is 0. The molecule has 128 valence electrons. The van der Waals surface area contributed by atoms with E-state index in [1.807, 2.05) is 81.4 Å². The zero-order valence-electron chi connectivity index (χ0n) is 14.4. The van der Waals surface area contributed by atoms with E-state index >= 15 is 0 Å². The number of carbonyl (C=O) groups excluding carboxylic acids is 1. The molecule has 2 N–H and O–H groups in total. The Labute approximate surface area is 143 Å². The smallest absolute Gasteiger partial charge is 0.407 e. The van der Waals surface area contributed by atoms with Gasteiger partial charge in [0, 0.05) is 0 Å². The molecule has 2 rings (SSSR count). The summed E-state index contributed by atoms with van der Waals surface area (Å²) < 4.78 is 5.33. The number of ether oxygens (including phenoxy) is 1. The summed E-state index contributed by atoms with van der Waals surface area (Å²) >= 11 is 0. The third-order valence-corrected chi connectivity index (χ3v) is 3.52. The molecule has 2 aromatic carbocycles. The lowest BCUT2D eigenvalue weighted by atomic mass is 9.96. The summed E-state index contributed by atoms with van der Waals surface area (Å²) in [5.41, 5.74) is 1.21. The van der Waals surface area contributed by atoms with Gasteiger partial charge in [-0.2, -0.15) is 0 Å². The molecule has 2 unspecified atom stereocenters. The second-order valence-electron chi connectivity index (χ2n) is 6.80. The van der Waals surface area contributed by atoms with E-state index in [9.17, 15) is 9.90 Å². The minimum Gasteiger partial charge on any atom is -0.444 e. The first kappa shape index (κ1) is 18.0. The molecule has 0 aliphatic rings. The van der Waals surface area contributed by atoms with Gasteiger partial charge < -0.3 is 15.2 Å². The molecule has 0 heterocycles. The van der Waals surface area contributed by atoms with Crippen LogP contribution in [-0.4, -0.2) is 22.8 Å². The fraction of sp³-hybridized carbons (Fsp3) is 0.350. The number of amides is 1. The molecule has 0 aliphatic heterocycles. The van der Waals surface area contributed by atoms with Crippen molar-refractivity contribution >= 4 is 6.09 Å². The lowest BCUT2D eigenvalue weighted by molar-refractivity contribution is 0.0421. The Morgan fingerprint density at radius 1 is 1.04 bits per heavy atom. The molecule has 0 radical (unpaired) electrons. The van der Waals surface area contributed by atoms with Crippen molar-refractivity contribution in [3.05, 3.63) is 71.8 Å². The number of nitrogens with one attached hydrogen (secondary N) is 1. The van der Waals surface area contributed by atoms with E-state index in [1.54, 1.807) is 0 Å². The van der Waals surface area contributed by atoms with Crippen molar-refractivity contribution in [2.24, 2.45) is 0 Å². The van der Waals surface area contributed by atoms with Crippen LogP contribution in [0.15, 0.2) is 60.7 Å². The highest BCUT2D eigenvalue weighted by Gasteiger charge is 2.25. The van der Waals surface area contributed by atoms with E-state index in [1.165, 1.54) is 0 Å². The van der Waals surface area contributed by atoms with Gasteiger partial charge in [0.2, 0.25) is 0 Å². The van der Waals surface area contributed by atoms with Gasteiger partial charge in [-0.1, -0.05) is 60.7 Å². The van der Waals surface area contributed by atoms with Gasteiger partial charge in [0.05, 0.1) is 12.1 Å². The summed E-state index contributed by atoms with van der Waals surface area (Å²) in [5, 5.41) is 13.5. The van der Waals surface area contributed by atoms with Gasteiger partial charge in [-0.05, 0) is 38.3 Å². The van der Waals surface area contributed by atoms with Crippen molar-refractivity contribution in [3.63, 3.8) is 0 Å². The maximum atomic E-state index is 12.2. The molecule has 0 bridgehead atoms. The molecule has 0 saturated heterocycles. The van der Waals surface area contributed by atoms with Crippen LogP contribution in [0.1, 0.15) is 38.0 Å². The normalized spacial score (nSPS) is 13.8. The van der Waals surface area contributed by atoms with E-state index < -0.39 is 23.8 Å². The average molecular weight is 327 g/mol. The topological polar surface area (TPSA) is 58.6 Å². The fourth-order valence-electron chi connectivity index (χ4n) is 2.45. The standard InChI is InChI=1S/C20H25NO3/c1-20(2,3)24-19(23)21-17(14-15-10-6-4-7-11-15)18(22)16-12-8-5-9-13-16/h4-13,17-18,22H,14H2,1-3H3,(H,21,23). The summed E-state index contributed by atoms with van der Waals surface area (Å²) in [6.07, 6.45) is -0.840. The number of rotatable bonds is 5. The number of alkyl carbamates (subject to hydrolysis) is 1. The number of aliphatic hydroxyl groups excluding tert-OH is 1. The number of benzene rings is 2. The maximum Gasteiger partial charge on any atom is 0.407 e. The first-order chi connectivity index (χ1) is 11.3. The fourth-order valence-corrected chi connectivity index (χ4v) is 2.45. The number of hydrogen-bond acceptors (Lipinski definition) is 3. The summed E-state index contributed by atoms with van der Waals surface area (Å²) in [6.45, 7) is 5.44. The lowest BCUT2D eigenvalue weighted by Gasteiger charge is -2.27. The highest BCUT2D eigenvalue weighted by Crippen LogP contribution is 2.20. The molecular weight excluding hydrogens is 302 g/mol. The van der Waals surface area contributed by atoms with Crippen molar-refractivity contribution in [2.45, 2.75) is 44.9 Å². The first-order valence-electron chi connectivity index (χ1n) is 8.11. The van der Waals surface area contributed by atoms with E-state index in [-0.39, 0.29) is 0 Å².